The second-order valence-corrected chi connectivity index (χ2v) is 4.41. The van der Waals surface area contributed by atoms with Gasteiger partial charge in [0, 0.05) is 25.6 Å². The Labute approximate surface area is 95.8 Å². The zero-order chi connectivity index (χ0) is 12.1. The minimum Gasteiger partial charge on any atom is -0.481 e. The van der Waals surface area contributed by atoms with Gasteiger partial charge in [0.05, 0.1) is 0 Å². The van der Waals surface area contributed by atoms with Crippen LogP contribution in [0.2, 0.25) is 0 Å². The zero-order valence-corrected chi connectivity index (χ0v) is 9.90. The fourth-order valence-corrected chi connectivity index (χ4v) is 1.69. The molecule has 1 aliphatic rings. The lowest BCUT2D eigenvalue weighted by molar-refractivity contribution is -0.137. The van der Waals surface area contributed by atoms with Crippen LogP contribution in [0.1, 0.15) is 33.1 Å². The molecule has 1 aliphatic carbocycles. The number of amides is 2. The molecule has 2 N–H and O–H groups in total. The number of hydrogen-bond donors (Lipinski definition) is 2. The zero-order valence-electron chi connectivity index (χ0n) is 9.90. The molecule has 0 saturated heterocycles. The average molecular weight is 228 g/mol. The summed E-state index contributed by atoms with van der Waals surface area (Å²) in [6, 6.07) is 0.335. The molecule has 16 heavy (non-hydrogen) atoms. The van der Waals surface area contributed by atoms with Crippen molar-refractivity contribution in [3.63, 3.8) is 0 Å². The molecule has 0 aliphatic heterocycles. The Bertz CT molecular complexity index is 264. The van der Waals surface area contributed by atoms with Gasteiger partial charge in [-0.2, -0.15) is 0 Å². The monoisotopic (exact) mass is 228 g/mol. The molecule has 1 saturated carbocycles. The Balaban J connectivity index is 2.25. The minimum absolute atomic E-state index is 0.0284. The smallest absolute Gasteiger partial charge is 0.317 e. The van der Waals surface area contributed by atoms with Gasteiger partial charge in [-0.05, 0) is 25.7 Å². The predicted molar refractivity (Wildman–Crippen MR) is 60.2 cm³/mol. The highest BCUT2D eigenvalue weighted by Gasteiger charge is 2.31. The number of carbonyl (C=O) groups excluding carboxylic acids is 1. The van der Waals surface area contributed by atoms with Crippen LogP contribution in [0.25, 0.3) is 0 Å². The van der Waals surface area contributed by atoms with Gasteiger partial charge in [0.25, 0.3) is 0 Å². The quantitative estimate of drug-likeness (QED) is 0.719. The van der Waals surface area contributed by atoms with E-state index in [0.717, 1.165) is 12.8 Å². The van der Waals surface area contributed by atoms with Gasteiger partial charge < -0.3 is 15.3 Å². The molecule has 0 radical (unpaired) electrons. The Morgan fingerprint density at radius 3 is 2.56 bits per heavy atom. The summed E-state index contributed by atoms with van der Waals surface area (Å²) in [6.07, 6.45) is 2.27. The summed E-state index contributed by atoms with van der Waals surface area (Å²) in [5.41, 5.74) is 0. The summed E-state index contributed by atoms with van der Waals surface area (Å²) in [6.45, 7) is 4.92. The van der Waals surface area contributed by atoms with Crippen LogP contribution in [-0.2, 0) is 4.79 Å². The second kappa shape index (κ2) is 5.72. The van der Waals surface area contributed by atoms with E-state index in [2.05, 4.69) is 5.32 Å². The van der Waals surface area contributed by atoms with Gasteiger partial charge in [-0.25, -0.2) is 4.79 Å². The maximum Gasteiger partial charge on any atom is 0.317 e. The average Bonchev–Trinajstić information content (AvgIpc) is 2.99. The van der Waals surface area contributed by atoms with Gasteiger partial charge in [-0.1, -0.05) is 6.92 Å². The maximum atomic E-state index is 11.7. The lowest BCUT2D eigenvalue weighted by Gasteiger charge is -2.21. The highest BCUT2D eigenvalue weighted by Crippen LogP contribution is 2.26. The standard InChI is InChI=1S/C11H20N2O3/c1-3-13(9-4-5-9)11(16)12-7-8(2)6-10(14)15/h8-9H,3-7H2,1-2H3,(H,12,16)(H,14,15). The third kappa shape index (κ3) is 4.08. The number of nitrogens with zero attached hydrogens (tertiary/aromatic N) is 1. The molecule has 92 valence electrons. The van der Waals surface area contributed by atoms with Crippen molar-refractivity contribution < 1.29 is 14.7 Å². The van der Waals surface area contributed by atoms with Crippen molar-refractivity contribution in [3.8, 4) is 0 Å². The van der Waals surface area contributed by atoms with Crippen LogP contribution < -0.4 is 5.32 Å². The summed E-state index contributed by atoms with van der Waals surface area (Å²) >= 11 is 0. The van der Waals surface area contributed by atoms with E-state index in [4.69, 9.17) is 5.11 Å². The molecule has 1 unspecified atom stereocenters. The van der Waals surface area contributed by atoms with E-state index < -0.39 is 5.97 Å². The largest absolute Gasteiger partial charge is 0.481 e. The summed E-state index contributed by atoms with van der Waals surface area (Å²) in [4.78, 5) is 24.0. The molecule has 0 aromatic heterocycles. The first kappa shape index (κ1) is 12.8. The number of urea groups is 1. The van der Waals surface area contributed by atoms with Gasteiger partial charge >= 0.3 is 12.0 Å². The third-order valence-corrected chi connectivity index (χ3v) is 2.71. The minimum atomic E-state index is -0.823. The van der Waals surface area contributed by atoms with E-state index in [0.29, 0.717) is 19.1 Å². The summed E-state index contributed by atoms with van der Waals surface area (Å²) in [5.74, 6) is -0.851. The predicted octanol–water partition coefficient (Wildman–Crippen LogP) is 1.29. The van der Waals surface area contributed by atoms with Crippen molar-refractivity contribution in [2.24, 2.45) is 5.92 Å². The Kier molecular flexibility index (Phi) is 4.58. The SMILES string of the molecule is CCN(C(=O)NCC(C)CC(=O)O)C1CC1. The van der Waals surface area contributed by atoms with E-state index in [1.807, 2.05) is 18.7 Å². The fourth-order valence-electron chi connectivity index (χ4n) is 1.69. The van der Waals surface area contributed by atoms with Crippen molar-refractivity contribution >= 4 is 12.0 Å². The van der Waals surface area contributed by atoms with E-state index in [-0.39, 0.29) is 18.4 Å². The van der Waals surface area contributed by atoms with Crippen LogP contribution in [0.5, 0.6) is 0 Å². The van der Waals surface area contributed by atoms with Crippen LogP contribution in [0.15, 0.2) is 0 Å². The molecule has 5 heteroatoms. The number of nitrogens with one attached hydrogen (secondary N) is 1. The Hall–Kier alpha value is -1.26. The van der Waals surface area contributed by atoms with Crippen molar-refractivity contribution in [1.29, 1.82) is 0 Å². The van der Waals surface area contributed by atoms with Crippen LogP contribution in [0.3, 0.4) is 0 Å². The molecular weight excluding hydrogens is 208 g/mol. The molecule has 0 spiro atoms. The Morgan fingerprint density at radius 2 is 2.12 bits per heavy atom. The molecule has 0 aromatic rings. The van der Waals surface area contributed by atoms with Gasteiger partial charge in [-0.15, -0.1) is 0 Å². The highest BCUT2D eigenvalue weighted by molar-refractivity contribution is 5.75. The van der Waals surface area contributed by atoms with Crippen molar-refractivity contribution in [3.05, 3.63) is 0 Å². The summed E-state index contributed by atoms with van der Waals surface area (Å²) < 4.78 is 0. The van der Waals surface area contributed by atoms with Gasteiger partial charge in [0.15, 0.2) is 0 Å². The molecule has 1 atom stereocenters. The normalized spacial score (nSPS) is 16.6. The van der Waals surface area contributed by atoms with E-state index in [1.165, 1.54) is 0 Å². The first-order valence-corrected chi connectivity index (χ1v) is 5.80. The number of carbonyl (C=O) groups is 2. The van der Waals surface area contributed by atoms with E-state index in [1.54, 1.807) is 0 Å². The maximum absolute atomic E-state index is 11.7. The molecular formula is C11H20N2O3. The van der Waals surface area contributed by atoms with Crippen LogP contribution in [0.4, 0.5) is 4.79 Å². The van der Waals surface area contributed by atoms with Crippen molar-refractivity contribution in [1.82, 2.24) is 10.2 Å². The summed E-state index contributed by atoms with van der Waals surface area (Å²) in [5, 5.41) is 11.4. The van der Waals surface area contributed by atoms with Crippen LogP contribution in [-0.4, -0.2) is 41.1 Å². The van der Waals surface area contributed by atoms with Gasteiger partial charge in [0.2, 0.25) is 0 Å². The first-order chi connectivity index (χ1) is 7.54. The lowest BCUT2D eigenvalue weighted by Crippen LogP contribution is -2.42. The van der Waals surface area contributed by atoms with Gasteiger partial charge in [-0.3, -0.25) is 4.79 Å². The Morgan fingerprint density at radius 1 is 1.50 bits per heavy atom. The molecule has 0 heterocycles. The van der Waals surface area contributed by atoms with E-state index in [9.17, 15) is 9.59 Å². The van der Waals surface area contributed by atoms with Crippen LogP contribution in [0, 0.1) is 5.92 Å². The molecule has 1 rings (SSSR count). The number of hydrogen-bond acceptors (Lipinski definition) is 2. The molecule has 1 fully saturated rings. The third-order valence-electron chi connectivity index (χ3n) is 2.71. The topological polar surface area (TPSA) is 69.6 Å². The number of rotatable bonds is 6. The lowest BCUT2D eigenvalue weighted by atomic mass is 10.1. The van der Waals surface area contributed by atoms with Gasteiger partial charge in [0.1, 0.15) is 0 Å². The highest BCUT2D eigenvalue weighted by atomic mass is 16.4. The van der Waals surface area contributed by atoms with Crippen molar-refractivity contribution in [2.75, 3.05) is 13.1 Å². The van der Waals surface area contributed by atoms with E-state index >= 15 is 0 Å². The molecule has 5 nitrogen and oxygen atoms in total. The first-order valence-electron chi connectivity index (χ1n) is 5.80. The van der Waals surface area contributed by atoms with Crippen LogP contribution >= 0.6 is 0 Å². The number of aliphatic carboxylic acids is 1. The molecule has 0 aromatic carbocycles. The fraction of sp³-hybridized carbons (Fsp3) is 0.818. The molecule has 0 bridgehead atoms. The number of carboxylic acid groups (broad SMARTS) is 1. The summed E-state index contributed by atoms with van der Waals surface area (Å²) in [7, 11) is 0. The number of carboxylic acids is 1. The van der Waals surface area contributed by atoms with Crippen molar-refractivity contribution in [2.45, 2.75) is 39.2 Å². The molecule has 2 amide bonds. The second-order valence-electron chi connectivity index (χ2n) is 4.41.